The van der Waals surface area contributed by atoms with Crippen molar-refractivity contribution in [1.82, 2.24) is 0 Å². The zero-order valence-corrected chi connectivity index (χ0v) is 26.6. The number of nitrogens with zero attached hydrogens (tertiary/aromatic N) is 1. The molecule has 0 saturated carbocycles. The molecule has 0 aliphatic rings. The standard InChI is InChI=1S/C32H54NO7P/c1-5-6-7-8-9-10-11-12-13-14-15-16-17-18-19-20-21-22-23-24-25-26-32(35)38-29-31(34)30-40-41(36,37)39-28-27-33(2,3)4/h6-7,9-10,12-13,15-16,18-19,21-22,31,34H,5,8,11,14,17,20,23-30H2,1-4H3/b7-6-,10-9-,13-12-,16-15-,19-18-,22-21-/t31-/m1/s1. The number of aliphatic hydroxyl groups excluding tert-OH is 1. The normalized spacial score (nSPS) is 15.4. The van der Waals surface area contributed by atoms with Gasteiger partial charge in [-0.15, -0.1) is 0 Å². The van der Waals surface area contributed by atoms with Gasteiger partial charge in [-0.2, -0.15) is 0 Å². The zero-order chi connectivity index (χ0) is 30.7. The minimum atomic E-state index is -4.51. The molecule has 1 unspecified atom stereocenters. The lowest BCUT2D eigenvalue weighted by Crippen LogP contribution is -2.37. The minimum absolute atomic E-state index is 0.0199. The molecule has 0 aliphatic carbocycles. The maximum atomic E-state index is 11.8. The number of carbonyl (C=O) groups is 1. The van der Waals surface area contributed by atoms with Gasteiger partial charge in [0.15, 0.2) is 0 Å². The lowest BCUT2D eigenvalue weighted by atomic mass is 10.2. The Morgan fingerprint density at radius 3 is 1.76 bits per heavy atom. The second-order valence-electron chi connectivity index (χ2n) is 10.6. The van der Waals surface area contributed by atoms with Crippen LogP contribution in [0.1, 0.15) is 71.1 Å². The highest BCUT2D eigenvalue weighted by atomic mass is 31.2. The second kappa shape index (κ2) is 25.6. The number of likely N-dealkylation sites (N-methyl/N-ethyl adjacent to an activating group) is 1. The van der Waals surface area contributed by atoms with Gasteiger partial charge in [0.1, 0.15) is 25.9 Å². The fourth-order valence-corrected chi connectivity index (χ4v) is 3.86. The summed E-state index contributed by atoms with van der Waals surface area (Å²) < 4.78 is 26.7. The first-order valence-electron chi connectivity index (χ1n) is 14.7. The third-order valence-corrected chi connectivity index (χ3v) is 6.44. The Morgan fingerprint density at radius 2 is 1.27 bits per heavy atom. The maximum Gasteiger partial charge on any atom is 0.305 e. The lowest BCUT2D eigenvalue weighted by molar-refractivity contribution is -0.870. The van der Waals surface area contributed by atoms with E-state index in [-0.39, 0.29) is 19.6 Å². The molecular formula is C32H54NO7P. The Bertz CT molecular complexity index is 885. The number of hydrogen-bond acceptors (Lipinski definition) is 7. The molecular weight excluding hydrogens is 541 g/mol. The van der Waals surface area contributed by atoms with E-state index in [1.165, 1.54) is 0 Å². The Labute approximate surface area is 249 Å². The maximum absolute atomic E-state index is 11.8. The van der Waals surface area contributed by atoms with Gasteiger partial charge in [0.05, 0.1) is 27.7 Å². The molecule has 0 aromatic rings. The van der Waals surface area contributed by atoms with E-state index in [0.717, 1.165) is 51.4 Å². The fourth-order valence-electron chi connectivity index (χ4n) is 3.12. The van der Waals surface area contributed by atoms with E-state index in [1.807, 2.05) is 21.1 Å². The topological polar surface area (TPSA) is 105 Å². The average molecular weight is 596 g/mol. The van der Waals surface area contributed by atoms with Crippen LogP contribution in [0.25, 0.3) is 0 Å². The highest BCUT2D eigenvalue weighted by Gasteiger charge is 2.16. The first-order valence-corrected chi connectivity index (χ1v) is 16.2. The van der Waals surface area contributed by atoms with Gasteiger partial charge in [-0.25, -0.2) is 0 Å². The van der Waals surface area contributed by atoms with Crippen molar-refractivity contribution in [2.75, 3.05) is 47.5 Å². The molecule has 0 aromatic carbocycles. The van der Waals surface area contributed by atoms with Gasteiger partial charge in [0.2, 0.25) is 0 Å². The van der Waals surface area contributed by atoms with Crippen LogP contribution in [0, 0.1) is 0 Å². The number of unbranched alkanes of at least 4 members (excludes halogenated alkanes) is 2. The van der Waals surface area contributed by atoms with E-state index in [2.05, 4.69) is 84.4 Å². The molecule has 1 N–H and O–H groups in total. The Kier molecular flexibility index (Phi) is 24.3. The van der Waals surface area contributed by atoms with Crippen LogP contribution in [0.3, 0.4) is 0 Å². The van der Waals surface area contributed by atoms with Crippen molar-refractivity contribution < 1.29 is 37.6 Å². The van der Waals surface area contributed by atoms with Gasteiger partial charge in [0.25, 0.3) is 7.82 Å². The average Bonchev–Trinajstić information content (AvgIpc) is 2.90. The Balaban J connectivity index is 3.73. The summed E-state index contributed by atoms with van der Waals surface area (Å²) in [7, 11) is 1.21. The molecule has 0 aliphatic heterocycles. The van der Waals surface area contributed by atoms with E-state index in [0.29, 0.717) is 17.4 Å². The molecule has 0 saturated heterocycles. The monoisotopic (exact) mass is 595 g/mol. The molecule has 0 spiro atoms. The largest absolute Gasteiger partial charge is 0.756 e. The predicted octanol–water partition coefficient (Wildman–Crippen LogP) is 6.36. The third kappa shape index (κ3) is 30.7. The first-order chi connectivity index (χ1) is 19.6. The number of hydrogen-bond donors (Lipinski definition) is 1. The highest BCUT2D eigenvalue weighted by Crippen LogP contribution is 2.38. The van der Waals surface area contributed by atoms with Gasteiger partial charge in [-0.1, -0.05) is 79.8 Å². The van der Waals surface area contributed by atoms with Crippen LogP contribution in [0.2, 0.25) is 0 Å². The molecule has 41 heavy (non-hydrogen) atoms. The molecule has 0 radical (unpaired) electrons. The van der Waals surface area contributed by atoms with Crippen LogP contribution in [-0.4, -0.2) is 69.2 Å². The summed E-state index contributed by atoms with van der Waals surface area (Å²) in [6, 6.07) is 0. The number of quaternary nitrogens is 1. The molecule has 0 amide bonds. The van der Waals surface area contributed by atoms with Crippen molar-refractivity contribution in [3.63, 3.8) is 0 Å². The van der Waals surface area contributed by atoms with Crippen molar-refractivity contribution >= 4 is 13.8 Å². The van der Waals surface area contributed by atoms with Crippen LogP contribution in [-0.2, 0) is 23.1 Å². The Morgan fingerprint density at radius 1 is 0.780 bits per heavy atom. The number of allylic oxidation sites excluding steroid dienone is 12. The van der Waals surface area contributed by atoms with Crippen LogP contribution in [0.5, 0.6) is 0 Å². The number of phosphoric ester groups is 1. The predicted molar refractivity (Wildman–Crippen MR) is 166 cm³/mol. The van der Waals surface area contributed by atoms with E-state index >= 15 is 0 Å². The third-order valence-electron chi connectivity index (χ3n) is 5.47. The number of carbonyl (C=O) groups excluding carboxylic acids is 1. The summed E-state index contributed by atoms with van der Waals surface area (Å²) in [5, 5.41) is 9.82. The van der Waals surface area contributed by atoms with Gasteiger partial charge >= 0.3 is 5.97 Å². The minimum Gasteiger partial charge on any atom is -0.756 e. The number of rotatable bonds is 25. The fraction of sp³-hybridized carbons (Fsp3) is 0.594. The van der Waals surface area contributed by atoms with Gasteiger partial charge in [-0.05, 0) is 57.8 Å². The second-order valence-corrected chi connectivity index (χ2v) is 12.0. The van der Waals surface area contributed by atoms with Gasteiger partial charge in [0, 0.05) is 6.42 Å². The van der Waals surface area contributed by atoms with Crippen molar-refractivity contribution in [1.29, 1.82) is 0 Å². The van der Waals surface area contributed by atoms with Crippen LogP contribution in [0.4, 0.5) is 0 Å². The van der Waals surface area contributed by atoms with Gasteiger partial charge < -0.3 is 28.3 Å². The summed E-state index contributed by atoms with van der Waals surface area (Å²) in [5.74, 6) is -0.434. The molecule has 0 fully saturated rings. The van der Waals surface area contributed by atoms with E-state index in [9.17, 15) is 19.4 Å². The quantitative estimate of drug-likeness (QED) is 0.0431. The molecule has 0 heterocycles. The first kappa shape index (κ1) is 38.9. The number of aliphatic hydroxyl groups is 1. The molecule has 234 valence electrons. The number of phosphoric acid groups is 1. The van der Waals surface area contributed by atoms with Crippen LogP contribution in [0.15, 0.2) is 72.9 Å². The molecule has 8 nitrogen and oxygen atoms in total. The smallest absolute Gasteiger partial charge is 0.305 e. The van der Waals surface area contributed by atoms with Gasteiger partial charge in [-0.3, -0.25) is 9.36 Å². The highest BCUT2D eigenvalue weighted by molar-refractivity contribution is 7.45. The number of esters is 1. The molecule has 0 rings (SSSR count). The van der Waals surface area contributed by atoms with Crippen LogP contribution < -0.4 is 4.89 Å². The summed E-state index contributed by atoms with van der Waals surface area (Å²) in [6.45, 7) is 1.75. The molecule has 0 bridgehead atoms. The molecule has 2 atom stereocenters. The van der Waals surface area contributed by atoms with E-state index in [4.69, 9.17) is 9.26 Å². The molecule has 9 heteroatoms. The summed E-state index contributed by atoms with van der Waals surface area (Å²) in [5.41, 5.74) is 0. The Hall–Kier alpha value is -2.06. The van der Waals surface area contributed by atoms with Crippen molar-refractivity contribution in [2.24, 2.45) is 0 Å². The summed E-state index contributed by atoms with van der Waals surface area (Å²) in [6.07, 6.45) is 33.3. The molecule has 0 aromatic heterocycles. The summed E-state index contributed by atoms with van der Waals surface area (Å²) >= 11 is 0. The van der Waals surface area contributed by atoms with Crippen molar-refractivity contribution in [3.8, 4) is 0 Å². The van der Waals surface area contributed by atoms with E-state index < -0.39 is 26.5 Å². The lowest BCUT2D eigenvalue weighted by Gasteiger charge is -2.27. The zero-order valence-electron chi connectivity index (χ0n) is 25.7. The summed E-state index contributed by atoms with van der Waals surface area (Å²) in [4.78, 5) is 23.5. The SMILES string of the molecule is CC/C=C\C/C=C\C/C=C\C/C=C\C/C=C\C/C=C\CCCCC(=O)OC[C@@H](O)COP(=O)([O-])OCC[N+](C)(C)C. The van der Waals surface area contributed by atoms with E-state index in [1.54, 1.807) is 0 Å². The van der Waals surface area contributed by atoms with Crippen molar-refractivity contribution in [3.05, 3.63) is 72.9 Å². The van der Waals surface area contributed by atoms with Crippen LogP contribution >= 0.6 is 7.82 Å². The number of ether oxygens (including phenoxy) is 1. The van der Waals surface area contributed by atoms with Crippen molar-refractivity contribution in [2.45, 2.75) is 77.2 Å².